The van der Waals surface area contributed by atoms with Crippen molar-refractivity contribution in [2.24, 2.45) is 0 Å². The Hall–Kier alpha value is -2.03. The van der Waals surface area contributed by atoms with Crippen LogP contribution in [0.4, 0.5) is 0 Å². The summed E-state index contributed by atoms with van der Waals surface area (Å²) in [5.74, 6) is 1.05. The largest absolute Gasteiger partial charge is 0.339 e. The fraction of sp³-hybridized carbons (Fsp3) is 0.333. The highest BCUT2D eigenvalue weighted by atomic mass is 32.2. The highest BCUT2D eigenvalue weighted by Gasteiger charge is 2.32. The second kappa shape index (κ2) is 7.30. The van der Waals surface area contributed by atoms with Crippen molar-refractivity contribution in [1.82, 2.24) is 14.4 Å². The van der Waals surface area contributed by atoms with Crippen molar-refractivity contribution in [3.8, 4) is 10.7 Å². The van der Waals surface area contributed by atoms with Crippen molar-refractivity contribution in [1.29, 1.82) is 0 Å². The molecule has 4 rings (SSSR count). The van der Waals surface area contributed by atoms with E-state index in [0.29, 0.717) is 24.8 Å². The minimum atomic E-state index is -3.37. The molecule has 136 valence electrons. The number of piperidine rings is 1. The fourth-order valence-corrected chi connectivity index (χ4v) is 5.44. The monoisotopic (exact) mass is 389 g/mol. The van der Waals surface area contributed by atoms with Crippen LogP contribution in [0.25, 0.3) is 10.7 Å². The van der Waals surface area contributed by atoms with Gasteiger partial charge in [0, 0.05) is 13.1 Å². The van der Waals surface area contributed by atoms with E-state index in [-0.39, 0.29) is 11.7 Å². The molecule has 3 aromatic rings. The van der Waals surface area contributed by atoms with Crippen molar-refractivity contribution in [3.05, 3.63) is 59.3 Å². The predicted octanol–water partition coefficient (Wildman–Crippen LogP) is 3.51. The topological polar surface area (TPSA) is 76.3 Å². The average molecular weight is 390 g/mol. The molecule has 6 nitrogen and oxygen atoms in total. The number of benzene rings is 1. The van der Waals surface area contributed by atoms with Gasteiger partial charge in [0.2, 0.25) is 21.7 Å². The van der Waals surface area contributed by atoms with Crippen molar-refractivity contribution in [2.75, 3.05) is 13.1 Å². The number of thiophene rings is 1. The zero-order chi connectivity index (χ0) is 18.0. The number of rotatable bonds is 5. The summed E-state index contributed by atoms with van der Waals surface area (Å²) in [5.41, 5.74) is 0.799. The SMILES string of the molecule is O=S(=O)(Cc1ccccc1)N1CCCC(c2nc(-c3cccs3)no2)C1. The van der Waals surface area contributed by atoms with E-state index in [4.69, 9.17) is 4.52 Å². The maximum absolute atomic E-state index is 12.8. The summed E-state index contributed by atoms with van der Waals surface area (Å²) >= 11 is 1.55. The zero-order valence-electron chi connectivity index (χ0n) is 14.1. The van der Waals surface area contributed by atoms with E-state index in [2.05, 4.69) is 10.1 Å². The lowest BCUT2D eigenvalue weighted by Gasteiger charge is -2.30. The van der Waals surface area contributed by atoms with Crippen LogP contribution in [0.15, 0.2) is 52.4 Å². The van der Waals surface area contributed by atoms with Crippen LogP contribution in [0.3, 0.4) is 0 Å². The molecule has 1 aliphatic rings. The maximum Gasteiger partial charge on any atom is 0.231 e. The summed E-state index contributed by atoms with van der Waals surface area (Å²) in [6.45, 7) is 0.929. The lowest BCUT2D eigenvalue weighted by molar-refractivity contribution is 0.265. The molecule has 26 heavy (non-hydrogen) atoms. The Labute approximate surface area is 156 Å². The van der Waals surface area contributed by atoms with Gasteiger partial charge in [-0.2, -0.15) is 4.98 Å². The van der Waals surface area contributed by atoms with Gasteiger partial charge in [0.05, 0.1) is 16.5 Å². The summed E-state index contributed by atoms with van der Waals surface area (Å²) in [5, 5.41) is 6.01. The molecule has 8 heteroatoms. The van der Waals surface area contributed by atoms with E-state index in [9.17, 15) is 8.42 Å². The molecule has 0 saturated carbocycles. The van der Waals surface area contributed by atoms with Gasteiger partial charge in [0.15, 0.2) is 0 Å². The number of nitrogens with zero attached hydrogens (tertiary/aromatic N) is 3. The summed E-state index contributed by atoms with van der Waals surface area (Å²) in [6.07, 6.45) is 1.64. The quantitative estimate of drug-likeness (QED) is 0.667. The minimum Gasteiger partial charge on any atom is -0.339 e. The predicted molar refractivity (Wildman–Crippen MR) is 100 cm³/mol. The lowest BCUT2D eigenvalue weighted by Crippen LogP contribution is -2.39. The van der Waals surface area contributed by atoms with E-state index < -0.39 is 10.0 Å². The Bertz CT molecular complexity index is 953. The molecular formula is C18H19N3O3S2. The van der Waals surface area contributed by atoms with Crippen LogP contribution in [-0.4, -0.2) is 36.0 Å². The standard InChI is InChI=1S/C18H19N3O3S2/c22-26(23,13-14-6-2-1-3-7-14)21-10-4-8-15(12-21)18-19-17(20-24-18)16-9-5-11-25-16/h1-3,5-7,9,11,15H,4,8,10,12-13H2. The van der Waals surface area contributed by atoms with Crippen LogP contribution in [0, 0.1) is 0 Å². The van der Waals surface area contributed by atoms with E-state index in [1.807, 2.05) is 47.8 Å². The highest BCUT2D eigenvalue weighted by Crippen LogP contribution is 2.30. The molecule has 3 heterocycles. The van der Waals surface area contributed by atoms with Crippen molar-refractivity contribution < 1.29 is 12.9 Å². The first kappa shape index (κ1) is 17.4. The van der Waals surface area contributed by atoms with Gasteiger partial charge in [-0.05, 0) is 29.9 Å². The van der Waals surface area contributed by atoms with E-state index >= 15 is 0 Å². The molecule has 0 N–H and O–H groups in total. The normalized spacial score (nSPS) is 18.8. The summed E-state index contributed by atoms with van der Waals surface area (Å²) in [4.78, 5) is 5.44. The summed E-state index contributed by atoms with van der Waals surface area (Å²) in [6, 6.07) is 13.1. The van der Waals surface area contributed by atoms with Gasteiger partial charge in [0.1, 0.15) is 0 Å². The minimum absolute atomic E-state index is 0.0187. The zero-order valence-corrected chi connectivity index (χ0v) is 15.7. The first-order valence-corrected chi connectivity index (χ1v) is 11.0. The molecule has 1 atom stereocenters. The van der Waals surface area contributed by atoms with Crippen LogP contribution in [0.1, 0.15) is 30.2 Å². The molecule has 1 unspecified atom stereocenters. The summed E-state index contributed by atoms with van der Waals surface area (Å²) in [7, 11) is -3.37. The van der Waals surface area contributed by atoms with Crippen LogP contribution >= 0.6 is 11.3 Å². The Kier molecular flexibility index (Phi) is 4.88. The number of hydrogen-bond acceptors (Lipinski definition) is 6. The number of hydrogen-bond donors (Lipinski definition) is 0. The highest BCUT2D eigenvalue weighted by molar-refractivity contribution is 7.88. The van der Waals surface area contributed by atoms with Gasteiger partial charge < -0.3 is 4.52 Å². The maximum atomic E-state index is 12.8. The van der Waals surface area contributed by atoms with Gasteiger partial charge in [-0.25, -0.2) is 12.7 Å². The second-order valence-electron chi connectivity index (χ2n) is 6.37. The Balaban J connectivity index is 1.49. The van der Waals surface area contributed by atoms with Gasteiger partial charge in [-0.15, -0.1) is 11.3 Å². The third-order valence-corrected chi connectivity index (χ3v) is 7.18. The van der Waals surface area contributed by atoms with Crippen LogP contribution in [-0.2, 0) is 15.8 Å². The fourth-order valence-electron chi connectivity index (χ4n) is 3.18. The molecule has 0 amide bonds. The molecule has 1 fully saturated rings. The summed E-state index contributed by atoms with van der Waals surface area (Å²) < 4.78 is 32.6. The third-order valence-electron chi connectivity index (χ3n) is 4.50. The van der Waals surface area contributed by atoms with Crippen LogP contribution in [0.5, 0.6) is 0 Å². The van der Waals surface area contributed by atoms with Gasteiger partial charge in [-0.3, -0.25) is 0 Å². The number of sulfonamides is 1. The first-order valence-electron chi connectivity index (χ1n) is 8.51. The average Bonchev–Trinajstić information content (AvgIpc) is 3.34. The Morgan fingerprint density at radius 2 is 2.04 bits per heavy atom. The molecule has 1 saturated heterocycles. The van der Waals surface area contributed by atoms with Crippen LogP contribution in [0.2, 0.25) is 0 Å². The van der Waals surface area contributed by atoms with E-state index in [1.165, 1.54) is 0 Å². The van der Waals surface area contributed by atoms with E-state index in [1.54, 1.807) is 15.6 Å². The van der Waals surface area contributed by atoms with Crippen molar-refractivity contribution >= 4 is 21.4 Å². The van der Waals surface area contributed by atoms with Crippen molar-refractivity contribution in [2.45, 2.75) is 24.5 Å². The molecule has 2 aromatic heterocycles. The molecular weight excluding hydrogens is 370 g/mol. The first-order chi connectivity index (χ1) is 12.6. The Morgan fingerprint density at radius 3 is 2.81 bits per heavy atom. The van der Waals surface area contributed by atoms with Gasteiger partial charge in [-0.1, -0.05) is 41.6 Å². The molecule has 0 spiro atoms. The third kappa shape index (κ3) is 3.72. The van der Waals surface area contributed by atoms with Crippen molar-refractivity contribution in [3.63, 3.8) is 0 Å². The van der Waals surface area contributed by atoms with Crippen LogP contribution < -0.4 is 0 Å². The smallest absolute Gasteiger partial charge is 0.231 e. The van der Waals surface area contributed by atoms with Gasteiger partial charge >= 0.3 is 0 Å². The molecule has 1 aromatic carbocycles. The molecule has 0 aliphatic carbocycles. The molecule has 0 radical (unpaired) electrons. The Morgan fingerprint density at radius 1 is 1.19 bits per heavy atom. The van der Waals surface area contributed by atoms with E-state index in [0.717, 1.165) is 23.3 Å². The number of aromatic nitrogens is 2. The molecule has 0 bridgehead atoms. The lowest BCUT2D eigenvalue weighted by atomic mass is 10.00. The second-order valence-corrected chi connectivity index (χ2v) is 9.29. The molecule has 1 aliphatic heterocycles. The van der Waals surface area contributed by atoms with Gasteiger partial charge in [0.25, 0.3) is 0 Å².